The summed E-state index contributed by atoms with van der Waals surface area (Å²) >= 11 is 1.86. The molecule has 1 saturated heterocycles. The fourth-order valence-corrected chi connectivity index (χ4v) is 3.95. The molecule has 4 rings (SSSR count). The number of aromatic nitrogens is 3. The molecular formula is C18H18N4O2S. The van der Waals surface area contributed by atoms with Gasteiger partial charge in [-0.15, -0.1) is 0 Å². The first-order chi connectivity index (χ1) is 12.2. The molecule has 1 aromatic carbocycles. The minimum absolute atomic E-state index is 0.123. The van der Waals surface area contributed by atoms with E-state index in [1.165, 1.54) is 0 Å². The van der Waals surface area contributed by atoms with Gasteiger partial charge < -0.3 is 10.1 Å². The number of hydrogen-bond acceptors (Lipinski definition) is 5. The van der Waals surface area contributed by atoms with Crippen molar-refractivity contribution >= 4 is 34.3 Å². The number of nitrogens with one attached hydrogen (secondary N) is 1. The number of ether oxygens (including phenoxy) is 1. The average molecular weight is 354 g/mol. The van der Waals surface area contributed by atoms with Gasteiger partial charge in [-0.25, -0.2) is 4.98 Å². The Morgan fingerprint density at radius 3 is 3.16 bits per heavy atom. The lowest BCUT2D eigenvalue weighted by atomic mass is 10.2. The summed E-state index contributed by atoms with van der Waals surface area (Å²) in [6.07, 6.45) is 4.54. The number of rotatable bonds is 4. The maximum Gasteiger partial charge on any atom is 0.261 e. The summed E-state index contributed by atoms with van der Waals surface area (Å²) in [5.74, 6) is 2.20. The lowest BCUT2D eigenvalue weighted by Gasteiger charge is -2.14. The van der Waals surface area contributed by atoms with Gasteiger partial charge in [0.2, 0.25) is 5.88 Å². The number of amides is 1. The maximum atomic E-state index is 12.7. The van der Waals surface area contributed by atoms with E-state index in [1.54, 1.807) is 29.2 Å². The molecule has 1 fully saturated rings. The first-order valence-electron chi connectivity index (χ1n) is 8.13. The van der Waals surface area contributed by atoms with Crippen LogP contribution in [0.3, 0.4) is 0 Å². The monoisotopic (exact) mass is 354 g/mol. The molecule has 3 aromatic rings. The van der Waals surface area contributed by atoms with Crippen LogP contribution in [0.1, 0.15) is 16.8 Å². The van der Waals surface area contributed by atoms with Crippen molar-refractivity contribution in [1.29, 1.82) is 0 Å². The largest absolute Gasteiger partial charge is 0.473 e. The molecule has 0 aliphatic carbocycles. The fraction of sp³-hybridized carbons (Fsp3) is 0.278. The summed E-state index contributed by atoms with van der Waals surface area (Å²) in [6, 6.07) is 9.20. The van der Waals surface area contributed by atoms with Crippen LogP contribution >= 0.6 is 11.8 Å². The van der Waals surface area contributed by atoms with E-state index >= 15 is 0 Å². The van der Waals surface area contributed by atoms with E-state index in [2.05, 4.69) is 15.4 Å². The van der Waals surface area contributed by atoms with Crippen LogP contribution in [-0.4, -0.2) is 38.3 Å². The van der Waals surface area contributed by atoms with Crippen molar-refractivity contribution in [3.8, 4) is 5.88 Å². The van der Waals surface area contributed by atoms with Gasteiger partial charge in [-0.2, -0.15) is 16.9 Å². The Labute approximate surface area is 149 Å². The fourth-order valence-electron chi connectivity index (χ4n) is 2.86. The number of aryl methyl sites for hydroxylation is 1. The SMILES string of the molecule is Cn1ncc2cc(NC(=O)c3cccnc3OC3CCSC3)ccc21. The van der Waals surface area contributed by atoms with Crippen molar-refractivity contribution in [2.24, 2.45) is 7.05 Å². The second-order valence-corrected chi connectivity index (χ2v) is 7.11. The van der Waals surface area contributed by atoms with E-state index in [0.717, 1.165) is 34.5 Å². The zero-order valence-electron chi connectivity index (χ0n) is 13.8. The van der Waals surface area contributed by atoms with Crippen molar-refractivity contribution < 1.29 is 9.53 Å². The summed E-state index contributed by atoms with van der Waals surface area (Å²) in [5, 5.41) is 8.12. The van der Waals surface area contributed by atoms with E-state index in [9.17, 15) is 4.79 Å². The number of fused-ring (bicyclic) bond motifs is 1. The molecular weight excluding hydrogens is 336 g/mol. The highest BCUT2D eigenvalue weighted by Gasteiger charge is 2.21. The zero-order valence-corrected chi connectivity index (χ0v) is 14.6. The maximum absolute atomic E-state index is 12.7. The van der Waals surface area contributed by atoms with Gasteiger partial charge in [-0.05, 0) is 42.5 Å². The Hall–Kier alpha value is -2.54. The molecule has 1 atom stereocenters. The number of nitrogens with zero attached hydrogens (tertiary/aromatic N) is 3. The summed E-state index contributed by atoms with van der Waals surface area (Å²) in [4.78, 5) is 16.9. The van der Waals surface area contributed by atoms with Crippen LogP contribution < -0.4 is 10.1 Å². The first-order valence-corrected chi connectivity index (χ1v) is 9.29. The minimum atomic E-state index is -0.225. The Kier molecular flexibility index (Phi) is 4.31. The Morgan fingerprint density at radius 1 is 1.40 bits per heavy atom. The van der Waals surface area contributed by atoms with Crippen LogP contribution in [0.5, 0.6) is 5.88 Å². The van der Waals surface area contributed by atoms with Crippen LogP contribution in [0, 0.1) is 0 Å². The third-order valence-electron chi connectivity index (χ3n) is 4.19. The average Bonchev–Trinajstić information content (AvgIpc) is 3.25. The standard InChI is InChI=1S/C18H18N4O2S/c1-22-16-5-4-13(9-12(16)10-20-22)21-17(23)15-3-2-7-19-18(15)24-14-6-8-25-11-14/h2-5,7,9-10,14H,6,8,11H2,1H3,(H,21,23). The second-order valence-electron chi connectivity index (χ2n) is 5.96. The van der Waals surface area contributed by atoms with Crippen LogP contribution in [0.15, 0.2) is 42.7 Å². The Balaban J connectivity index is 1.55. The van der Waals surface area contributed by atoms with E-state index in [0.29, 0.717) is 11.4 Å². The van der Waals surface area contributed by atoms with Crippen LogP contribution in [0.2, 0.25) is 0 Å². The van der Waals surface area contributed by atoms with E-state index < -0.39 is 0 Å². The van der Waals surface area contributed by atoms with E-state index in [4.69, 9.17) is 4.74 Å². The van der Waals surface area contributed by atoms with Crippen molar-refractivity contribution in [2.45, 2.75) is 12.5 Å². The lowest BCUT2D eigenvalue weighted by Crippen LogP contribution is -2.20. The van der Waals surface area contributed by atoms with Crippen LogP contribution in [0.4, 0.5) is 5.69 Å². The first kappa shape index (κ1) is 16.0. The topological polar surface area (TPSA) is 69.0 Å². The quantitative estimate of drug-likeness (QED) is 0.780. The summed E-state index contributed by atoms with van der Waals surface area (Å²) in [5.41, 5.74) is 2.18. The number of thioether (sulfide) groups is 1. The second kappa shape index (κ2) is 6.76. The lowest BCUT2D eigenvalue weighted by molar-refractivity contribution is 0.101. The van der Waals surface area contributed by atoms with Crippen molar-refractivity contribution in [3.63, 3.8) is 0 Å². The Morgan fingerprint density at radius 2 is 2.32 bits per heavy atom. The molecule has 1 amide bonds. The van der Waals surface area contributed by atoms with Gasteiger partial charge in [-0.1, -0.05) is 0 Å². The zero-order chi connectivity index (χ0) is 17.2. The van der Waals surface area contributed by atoms with Gasteiger partial charge in [0, 0.05) is 30.1 Å². The van der Waals surface area contributed by atoms with E-state index in [1.807, 2.05) is 37.0 Å². The normalized spacial score (nSPS) is 16.9. The molecule has 0 saturated carbocycles. The van der Waals surface area contributed by atoms with Gasteiger partial charge in [0.1, 0.15) is 11.7 Å². The molecule has 0 radical (unpaired) electrons. The molecule has 1 unspecified atom stereocenters. The van der Waals surface area contributed by atoms with Crippen LogP contribution in [-0.2, 0) is 7.05 Å². The number of carbonyl (C=O) groups excluding carboxylic acids is 1. The molecule has 3 heterocycles. The predicted octanol–water partition coefficient (Wildman–Crippen LogP) is 3.10. The third-order valence-corrected chi connectivity index (χ3v) is 5.32. The van der Waals surface area contributed by atoms with Crippen molar-refractivity contribution in [1.82, 2.24) is 14.8 Å². The van der Waals surface area contributed by atoms with Crippen molar-refractivity contribution in [3.05, 3.63) is 48.3 Å². The smallest absolute Gasteiger partial charge is 0.261 e. The third kappa shape index (κ3) is 3.32. The number of benzene rings is 1. The van der Waals surface area contributed by atoms with E-state index in [-0.39, 0.29) is 12.0 Å². The van der Waals surface area contributed by atoms with Gasteiger partial charge in [0.15, 0.2) is 0 Å². The number of hydrogen-bond donors (Lipinski definition) is 1. The molecule has 0 bridgehead atoms. The summed E-state index contributed by atoms with van der Waals surface area (Å²) in [7, 11) is 1.89. The minimum Gasteiger partial charge on any atom is -0.473 e. The molecule has 6 nitrogen and oxygen atoms in total. The van der Waals surface area contributed by atoms with Gasteiger partial charge in [0.25, 0.3) is 5.91 Å². The molecule has 25 heavy (non-hydrogen) atoms. The molecule has 7 heteroatoms. The summed E-state index contributed by atoms with van der Waals surface area (Å²) < 4.78 is 7.73. The summed E-state index contributed by atoms with van der Waals surface area (Å²) in [6.45, 7) is 0. The van der Waals surface area contributed by atoms with Crippen LogP contribution in [0.25, 0.3) is 10.9 Å². The number of carbonyl (C=O) groups is 1. The molecule has 2 aromatic heterocycles. The number of anilines is 1. The van der Waals surface area contributed by atoms with Gasteiger partial charge in [0.05, 0.1) is 11.7 Å². The molecule has 1 N–H and O–H groups in total. The highest BCUT2D eigenvalue weighted by atomic mass is 32.2. The molecule has 0 spiro atoms. The van der Waals surface area contributed by atoms with Gasteiger partial charge in [-0.3, -0.25) is 9.48 Å². The molecule has 1 aliphatic rings. The molecule has 128 valence electrons. The Bertz CT molecular complexity index is 918. The highest BCUT2D eigenvalue weighted by molar-refractivity contribution is 7.99. The highest BCUT2D eigenvalue weighted by Crippen LogP contribution is 2.25. The number of pyridine rings is 1. The molecule has 1 aliphatic heterocycles. The van der Waals surface area contributed by atoms with Crippen molar-refractivity contribution in [2.75, 3.05) is 16.8 Å². The van der Waals surface area contributed by atoms with Gasteiger partial charge >= 0.3 is 0 Å². The predicted molar refractivity (Wildman–Crippen MR) is 99.3 cm³/mol.